The van der Waals surface area contributed by atoms with Crippen molar-refractivity contribution in [2.24, 2.45) is 0 Å². The van der Waals surface area contributed by atoms with E-state index in [0.29, 0.717) is 34.6 Å². The maximum absolute atomic E-state index is 9.80. The van der Waals surface area contributed by atoms with Crippen molar-refractivity contribution in [3.63, 3.8) is 0 Å². The summed E-state index contributed by atoms with van der Waals surface area (Å²) in [6, 6.07) is 5.18. The van der Waals surface area contributed by atoms with Crippen LogP contribution in [0.25, 0.3) is 0 Å². The van der Waals surface area contributed by atoms with Gasteiger partial charge in [0.1, 0.15) is 17.9 Å². The maximum atomic E-state index is 9.80. The third-order valence-corrected chi connectivity index (χ3v) is 3.25. The second kappa shape index (κ2) is 5.99. The molecule has 0 spiro atoms. The smallest absolute Gasteiger partial charge is 0.156 e. The SMILES string of the molecule is CC(C)(O)c1cn(CCOc2c(Cl)cccc2Cl)nn1. The van der Waals surface area contributed by atoms with Gasteiger partial charge in [0.25, 0.3) is 0 Å². The highest BCUT2D eigenvalue weighted by Gasteiger charge is 2.19. The molecule has 108 valence electrons. The molecule has 0 amide bonds. The van der Waals surface area contributed by atoms with Crippen LogP contribution < -0.4 is 4.74 Å². The van der Waals surface area contributed by atoms with E-state index in [4.69, 9.17) is 27.9 Å². The first-order valence-electron chi connectivity index (χ1n) is 6.08. The van der Waals surface area contributed by atoms with Crippen LogP contribution in [0, 0.1) is 0 Å². The minimum atomic E-state index is -1.01. The van der Waals surface area contributed by atoms with E-state index < -0.39 is 5.60 Å². The Hall–Kier alpha value is -1.30. The average Bonchev–Trinajstić information content (AvgIpc) is 2.81. The molecule has 0 saturated heterocycles. The van der Waals surface area contributed by atoms with Gasteiger partial charge in [-0.1, -0.05) is 34.5 Å². The van der Waals surface area contributed by atoms with Gasteiger partial charge in [0.2, 0.25) is 0 Å². The zero-order chi connectivity index (χ0) is 14.8. The van der Waals surface area contributed by atoms with Gasteiger partial charge in [0.05, 0.1) is 22.8 Å². The van der Waals surface area contributed by atoms with Gasteiger partial charge in [0, 0.05) is 0 Å². The lowest BCUT2D eigenvalue weighted by atomic mass is 10.1. The summed E-state index contributed by atoms with van der Waals surface area (Å²) in [5.74, 6) is 0.457. The van der Waals surface area contributed by atoms with Gasteiger partial charge in [-0.15, -0.1) is 5.10 Å². The standard InChI is InChI=1S/C13H15Cl2N3O2/c1-13(2,19)11-8-18(17-16-11)6-7-20-12-9(14)4-3-5-10(12)15/h3-5,8,19H,6-7H2,1-2H3. The largest absolute Gasteiger partial charge is 0.489 e. The summed E-state index contributed by atoms with van der Waals surface area (Å²) in [4.78, 5) is 0. The van der Waals surface area contributed by atoms with Crippen LogP contribution in [0.1, 0.15) is 19.5 Å². The van der Waals surface area contributed by atoms with Crippen LogP contribution in [0.5, 0.6) is 5.75 Å². The minimum absolute atomic E-state index is 0.345. The lowest BCUT2D eigenvalue weighted by molar-refractivity contribution is 0.0737. The lowest BCUT2D eigenvalue weighted by Crippen LogP contribution is -2.16. The van der Waals surface area contributed by atoms with E-state index in [0.717, 1.165) is 0 Å². The highest BCUT2D eigenvalue weighted by molar-refractivity contribution is 6.37. The number of aromatic nitrogens is 3. The minimum Gasteiger partial charge on any atom is -0.489 e. The Bertz CT molecular complexity index is 573. The molecule has 0 bridgehead atoms. The Labute approximate surface area is 127 Å². The van der Waals surface area contributed by atoms with Gasteiger partial charge in [-0.05, 0) is 26.0 Å². The number of para-hydroxylation sites is 1. The predicted octanol–water partition coefficient (Wildman–Crippen LogP) is 2.89. The van der Waals surface area contributed by atoms with E-state index in [1.807, 2.05) is 0 Å². The number of hydrogen-bond donors (Lipinski definition) is 1. The molecule has 0 fully saturated rings. The van der Waals surface area contributed by atoms with Crippen LogP contribution in [0.2, 0.25) is 10.0 Å². The van der Waals surface area contributed by atoms with Crippen LogP contribution in [0.4, 0.5) is 0 Å². The molecule has 2 aromatic rings. The first-order valence-corrected chi connectivity index (χ1v) is 6.83. The fourth-order valence-corrected chi connectivity index (χ4v) is 2.06. The number of rotatable bonds is 5. The van der Waals surface area contributed by atoms with Gasteiger partial charge >= 0.3 is 0 Å². The molecular formula is C13H15Cl2N3O2. The van der Waals surface area contributed by atoms with Crippen molar-refractivity contribution in [1.29, 1.82) is 0 Å². The zero-order valence-corrected chi connectivity index (χ0v) is 12.7. The Morgan fingerprint density at radius 3 is 2.50 bits per heavy atom. The summed E-state index contributed by atoms with van der Waals surface area (Å²) in [5, 5.41) is 18.6. The Kier molecular flexibility index (Phi) is 4.52. The van der Waals surface area contributed by atoms with Crippen LogP contribution in [0.3, 0.4) is 0 Å². The van der Waals surface area contributed by atoms with Crippen molar-refractivity contribution in [3.8, 4) is 5.75 Å². The number of benzene rings is 1. The molecule has 1 aromatic heterocycles. The summed E-state index contributed by atoms with van der Waals surface area (Å²) >= 11 is 12.0. The molecule has 7 heteroatoms. The molecule has 5 nitrogen and oxygen atoms in total. The van der Waals surface area contributed by atoms with Gasteiger partial charge in [0.15, 0.2) is 5.75 Å². The molecule has 0 aliphatic rings. The second-order valence-electron chi connectivity index (χ2n) is 4.83. The van der Waals surface area contributed by atoms with E-state index in [2.05, 4.69) is 10.3 Å². The van der Waals surface area contributed by atoms with Crippen LogP contribution >= 0.6 is 23.2 Å². The van der Waals surface area contributed by atoms with Crippen molar-refractivity contribution in [2.45, 2.75) is 26.0 Å². The van der Waals surface area contributed by atoms with Crippen molar-refractivity contribution < 1.29 is 9.84 Å². The van der Waals surface area contributed by atoms with E-state index in [1.165, 1.54) is 0 Å². The van der Waals surface area contributed by atoms with E-state index >= 15 is 0 Å². The molecule has 0 unspecified atom stereocenters. The topological polar surface area (TPSA) is 60.2 Å². The second-order valence-corrected chi connectivity index (χ2v) is 5.64. The van der Waals surface area contributed by atoms with Crippen LogP contribution in [0.15, 0.2) is 24.4 Å². The summed E-state index contributed by atoms with van der Waals surface area (Å²) in [7, 11) is 0. The highest BCUT2D eigenvalue weighted by Crippen LogP contribution is 2.32. The molecule has 1 N–H and O–H groups in total. The summed E-state index contributed by atoms with van der Waals surface area (Å²) < 4.78 is 7.15. The van der Waals surface area contributed by atoms with Gasteiger partial charge in [-0.25, -0.2) is 4.68 Å². The Morgan fingerprint density at radius 2 is 1.95 bits per heavy atom. The molecule has 0 aliphatic carbocycles. The van der Waals surface area contributed by atoms with Crippen molar-refractivity contribution >= 4 is 23.2 Å². The quantitative estimate of drug-likeness (QED) is 0.921. The van der Waals surface area contributed by atoms with Crippen molar-refractivity contribution in [3.05, 3.63) is 40.1 Å². The number of nitrogens with zero attached hydrogens (tertiary/aromatic N) is 3. The Morgan fingerprint density at radius 1 is 1.30 bits per heavy atom. The van der Waals surface area contributed by atoms with Crippen molar-refractivity contribution in [1.82, 2.24) is 15.0 Å². The molecule has 0 atom stereocenters. The average molecular weight is 316 g/mol. The maximum Gasteiger partial charge on any atom is 0.156 e. The van der Waals surface area contributed by atoms with Gasteiger partial charge in [-0.3, -0.25) is 0 Å². The Balaban J connectivity index is 1.95. The molecule has 1 heterocycles. The normalized spacial score (nSPS) is 11.7. The third kappa shape index (κ3) is 3.62. The van der Waals surface area contributed by atoms with Crippen LogP contribution in [-0.4, -0.2) is 26.7 Å². The first kappa shape index (κ1) is 15.1. The molecular weight excluding hydrogens is 301 g/mol. The summed E-state index contributed by atoms with van der Waals surface area (Å²) in [6.07, 6.45) is 1.68. The van der Waals surface area contributed by atoms with Gasteiger partial charge < -0.3 is 9.84 Å². The summed E-state index contributed by atoms with van der Waals surface area (Å²) in [5.41, 5.74) is -0.501. The molecule has 20 heavy (non-hydrogen) atoms. The first-order chi connectivity index (χ1) is 9.38. The van der Waals surface area contributed by atoms with Crippen molar-refractivity contribution in [2.75, 3.05) is 6.61 Å². The number of halogens is 2. The number of aliphatic hydroxyl groups is 1. The van der Waals surface area contributed by atoms with Gasteiger partial charge in [-0.2, -0.15) is 0 Å². The molecule has 0 saturated carbocycles. The lowest BCUT2D eigenvalue weighted by Gasteiger charge is -2.12. The molecule has 2 rings (SSSR count). The molecule has 0 aliphatic heterocycles. The fraction of sp³-hybridized carbons (Fsp3) is 0.385. The van der Waals surface area contributed by atoms with E-state index in [1.54, 1.807) is 42.9 Å². The van der Waals surface area contributed by atoms with E-state index in [-0.39, 0.29) is 0 Å². The monoisotopic (exact) mass is 315 g/mol. The molecule has 1 aromatic carbocycles. The number of ether oxygens (including phenoxy) is 1. The summed E-state index contributed by atoms with van der Waals surface area (Å²) in [6.45, 7) is 4.13. The number of hydrogen-bond acceptors (Lipinski definition) is 4. The zero-order valence-electron chi connectivity index (χ0n) is 11.2. The predicted molar refractivity (Wildman–Crippen MR) is 77.2 cm³/mol. The molecule has 0 radical (unpaired) electrons. The fourth-order valence-electron chi connectivity index (χ4n) is 1.55. The van der Waals surface area contributed by atoms with Crippen LogP contribution in [-0.2, 0) is 12.1 Å². The third-order valence-electron chi connectivity index (χ3n) is 2.65. The van der Waals surface area contributed by atoms with E-state index in [9.17, 15) is 5.11 Å². The highest BCUT2D eigenvalue weighted by atomic mass is 35.5.